The molecule has 0 spiro atoms. The smallest absolute Gasteiger partial charge is 0.0953 e. The summed E-state index contributed by atoms with van der Waals surface area (Å²) in [6, 6.07) is 7.92. The highest BCUT2D eigenvalue weighted by Gasteiger charge is 2.41. The number of anilines is 2. The van der Waals surface area contributed by atoms with E-state index in [9.17, 15) is 0 Å². The number of thioether (sulfide) groups is 1. The molecule has 1 aliphatic rings. The molecule has 0 atom stereocenters. The third kappa shape index (κ3) is 2.01. The van der Waals surface area contributed by atoms with Crippen molar-refractivity contribution in [3.63, 3.8) is 0 Å². The number of nitrogens with two attached hydrogens (primary N) is 1. The molecule has 0 bridgehead atoms. The number of nitrogens with one attached hydrogen (secondary N) is 1. The second kappa shape index (κ2) is 4.35. The molecule has 1 aromatic heterocycles. The third-order valence-corrected chi connectivity index (χ3v) is 5.06. The van der Waals surface area contributed by atoms with Gasteiger partial charge in [0.2, 0.25) is 0 Å². The number of nitrogens with zero attached hydrogens (tertiary/aromatic N) is 1. The summed E-state index contributed by atoms with van der Waals surface area (Å²) in [6.07, 6.45) is 6.62. The molecule has 1 saturated carbocycles. The first-order valence-corrected chi connectivity index (χ1v) is 7.39. The second-order valence-electron chi connectivity index (χ2n) is 4.84. The van der Waals surface area contributed by atoms with Crippen molar-refractivity contribution in [1.29, 1.82) is 0 Å². The standard InChI is InChI=1S/C14H17N3S/c1-18-14(6-7-14)9-17-12-5-4-11(15)10-3-2-8-16-13(10)12/h2-5,8,17H,6-7,9,15H2,1H3. The second-order valence-corrected chi connectivity index (χ2v) is 6.12. The topological polar surface area (TPSA) is 50.9 Å². The Morgan fingerprint density at radius 3 is 2.94 bits per heavy atom. The highest BCUT2D eigenvalue weighted by atomic mass is 32.2. The normalized spacial score (nSPS) is 16.7. The van der Waals surface area contributed by atoms with Crippen LogP contribution >= 0.6 is 11.8 Å². The molecule has 94 valence electrons. The number of hydrogen-bond donors (Lipinski definition) is 2. The molecule has 1 aromatic carbocycles. The molecule has 1 aliphatic carbocycles. The lowest BCUT2D eigenvalue weighted by atomic mass is 10.1. The molecule has 0 saturated heterocycles. The van der Waals surface area contributed by atoms with E-state index in [0.29, 0.717) is 4.75 Å². The van der Waals surface area contributed by atoms with E-state index >= 15 is 0 Å². The monoisotopic (exact) mass is 259 g/mol. The zero-order valence-electron chi connectivity index (χ0n) is 10.4. The minimum absolute atomic E-state index is 0.447. The van der Waals surface area contributed by atoms with Crippen molar-refractivity contribution < 1.29 is 0 Å². The van der Waals surface area contributed by atoms with Crippen molar-refractivity contribution in [2.45, 2.75) is 17.6 Å². The summed E-state index contributed by atoms with van der Waals surface area (Å²) in [5.74, 6) is 0. The molecule has 3 N–H and O–H groups in total. The van der Waals surface area contributed by atoms with E-state index in [1.165, 1.54) is 12.8 Å². The van der Waals surface area contributed by atoms with Crippen LogP contribution < -0.4 is 11.1 Å². The van der Waals surface area contributed by atoms with Gasteiger partial charge in [0.25, 0.3) is 0 Å². The van der Waals surface area contributed by atoms with E-state index in [1.54, 1.807) is 0 Å². The number of hydrogen-bond acceptors (Lipinski definition) is 4. The van der Waals surface area contributed by atoms with Gasteiger partial charge in [0.15, 0.2) is 0 Å². The summed E-state index contributed by atoms with van der Waals surface area (Å²) < 4.78 is 0.447. The third-order valence-electron chi connectivity index (χ3n) is 3.65. The maximum absolute atomic E-state index is 5.97. The van der Waals surface area contributed by atoms with Crippen LogP contribution in [-0.4, -0.2) is 22.5 Å². The largest absolute Gasteiger partial charge is 0.398 e. The first kappa shape index (κ1) is 11.7. The maximum atomic E-state index is 5.97. The molecular formula is C14H17N3S. The lowest BCUT2D eigenvalue weighted by Gasteiger charge is -2.15. The Balaban J connectivity index is 1.90. The number of rotatable bonds is 4. The maximum Gasteiger partial charge on any atom is 0.0953 e. The van der Waals surface area contributed by atoms with E-state index in [4.69, 9.17) is 5.73 Å². The van der Waals surface area contributed by atoms with Gasteiger partial charge >= 0.3 is 0 Å². The molecule has 18 heavy (non-hydrogen) atoms. The van der Waals surface area contributed by atoms with Crippen molar-refractivity contribution in [3.05, 3.63) is 30.5 Å². The van der Waals surface area contributed by atoms with Crippen LogP contribution in [0.2, 0.25) is 0 Å². The highest BCUT2D eigenvalue weighted by molar-refractivity contribution is 8.00. The first-order chi connectivity index (χ1) is 8.74. The predicted molar refractivity (Wildman–Crippen MR) is 80.1 cm³/mol. The summed E-state index contributed by atoms with van der Waals surface area (Å²) in [4.78, 5) is 4.44. The van der Waals surface area contributed by atoms with Crippen molar-refractivity contribution in [1.82, 2.24) is 4.98 Å². The van der Waals surface area contributed by atoms with E-state index < -0.39 is 0 Å². The summed E-state index contributed by atoms with van der Waals surface area (Å²) >= 11 is 1.96. The van der Waals surface area contributed by atoms with Crippen LogP contribution in [0.1, 0.15) is 12.8 Å². The van der Waals surface area contributed by atoms with Gasteiger partial charge < -0.3 is 11.1 Å². The molecule has 1 heterocycles. The minimum Gasteiger partial charge on any atom is -0.398 e. The number of benzene rings is 1. The number of fused-ring (bicyclic) bond motifs is 1. The van der Waals surface area contributed by atoms with Crippen LogP contribution in [0.4, 0.5) is 11.4 Å². The van der Waals surface area contributed by atoms with Gasteiger partial charge in [-0.15, -0.1) is 0 Å². The fraction of sp³-hybridized carbons (Fsp3) is 0.357. The van der Waals surface area contributed by atoms with Crippen molar-refractivity contribution >= 4 is 34.0 Å². The average molecular weight is 259 g/mol. The molecule has 3 nitrogen and oxygen atoms in total. The Bertz CT molecular complexity index is 578. The van der Waals surface area contributed by atoms with Crippen LogP contribution in [0, 0.1) is 0 Å². The number of pyridine rings is 1. The summed E-state index contributed by atoms with van der Waals surface area (Å²) in [7, 11) is 0. The van der Waals surface area contributed by atoms with Gasteiger partial charge in [-0.1, -0.05) is 0 Å². The minimum atomic E-state index is 0.447. The van der Waals surface area contributed by atoms with Crippen molar-refractivity contribution in [2.75, 3.05) is 23.9 Å². The van der Waals surface area contributed by atoms with Gasteiger partial charge in [0.1, 0.15) is 0 Å². The summed E-state index contributed by atoms with van der Waals surface area (Å²) in [5, 5.41) is 4.55. The Kier molecular flexibility index (Phi) is 2.82. The molecular weight excluding hydrogens is 242 g/mol. The van der Waals surface area contributed by atoms with Gasteiger partial charge in [-0.2, -0.15) is 11.8 Å². The predicted octanol–water partition coefficient (Wildman–Crippen LogP) is 3.12. The molecule has 2 aromatic rings. The van der Waals surface area contributed by atoms with Crippen LogP contribution in [0.25, 0.3) is 10.9 Å². The van der Waals surface area contributed by atoms with Crippen LogP contribution in [-0.2, 0) is 0 Å². The van der Waals surface area contributed by atoms with Crippen LogP contribution in [0.5, 0.6) is 0 Å². The van der Waals surface area contributed by atoms with Gasteiger partial charge in [0.05, 0.1) is 11.2 Å². The molecule has 0 aliphatic heterocycles. The Morgan fingerprint density at radius 1 is 1.39 bits per heavy atom. The fourth-order valence-electron chi connectivity index (χ4n) is 2.19. The molecule has 3 rings (SSSR count). The molecule has 0 unspecified atom stereocenters. The SMILES string of the molecule is CSC1(CNc2ccc(N)c3cccnc23)CC1. The lowest BCUT2D eigenvalue weighted by Crippen LogP contribution is -2.17. The average Bonchev–Trinajstić information content (AvgIpc) is 3.19. The van der Waals surface area contributed by atoms with E-state index in [2.05, 4.69) is 16.6 Å². The van der Waals surface area contributed by atoms with Crippen LogP contribution in [0.3, 0.4) is 0 Å². The Hall–Kier alpha value is -1.42. The van der Waals surface area contributed by atoms with Crippen LogP contribution in [0.15, 0.2) is 30.5 Å². The van der Waals surface area contributed by atoms with E-state index in [0.717, 1.165) is 28.8 Å². The highest BCUT2D eigenvalue weighted by Crippen LogP contribution is 2.47. The first-order valence-electron chi connectivity index (χ1n) is 6.16. The molecule has 0 amide bonds. The van der Waals surface area contributed by atoms with Gasteiger partial charge in [-0.25, -0.2) is 0 Å². The fourth-order valence-corrected chi connectivity index (χ4v) is 2.91. The summed E-state index contributed by atoms with van der Waals surface area (Å²) in [5.41, 5.74) is 8.81. The molecule has 1 fully saturated rings. The zero-order valence-corrected chi connectivity index (χ0v) is 11.3. The number of aromatic nitrogens is 1. The Labute approximate surface area is 111 Å². The lowest BCUT2D eigenvalue weighted by molar-refractivity contribution is 0.950. The van der Waals surface area contributed by atoms with E-state index in [1.807, 2.05) is 42.2 Å². The van der Waals surface area contributed by atoms with Gasteiger partial charge in [-0.05, 0) is 43.4 Å². The molecule has 0 radical (unpaired) electrons. The van der Waals surface area contributed by atoms with Gasteiger partial charge in [-0.3, -0.25) is 4.98 Å². The van der Waals surface area contributed by atoms with Gasteiger partial charge in [0, 0.05) is 28.6 Å². The quantitative estimate of drug-likeness (QED) is 0.828. The van der Waals surface area contributed by atoms with Crippen molar-refractivity contribution in [3.8, 4) is 0 Å². The van der Waals surface area contributed by atoms with E-state index in [-0.39, 0.29) is 0 Å². The molecule has 4 heteroatoms. The zero-order chi connectivity index (χ0) is 12.6. The van der Waals surface area contributed by atoms with Crippen molar-refractivity contribution in [2.24, 2.45) is 0 Å². The Morgan fingerprint density at radius 2 is 2.22 bits per heavy atom. The summed E-state index contributed by atoms with van der Waals surface area (Å²) in [6.45, 7) is 1.00. The number of nitrogen functional groups attached to an aromatic ring is 1.